The molecule has 0 amide bonds. The van der Waals surface area contributed by atoms with Gasteiger partial charge in [0.25, 0.3) is 0 Å². The second kappa shape index (κ2) is 12.6. The number of nitrogens with zero attached hydrogens (tertiary/aromatic N) is 1. The fourth-order valence-electron chi connectivity index (χ4n) is 7.35. The first-order chi connectivity index (χ1) is 21.9. The Balaban J connectivity index is 1.48. The third-order valence-corrected chi connectivity index (χ3v) is 10.1. The Labute approximate surface area is 282 Å². The molecular formula is C39H41Cl2NO4. The van der Waals surface area contributed by atoms with Crippen LogP contribution in [-0.2, 0) is 22.6 Å². The zero-order valence-electron chi connectivity index (χ0n) is 27.2. The lowest BCUT2D eigenvalue weighted by atomic mass is 9.63. The zero-order chi connectivity index (χ0) is 32.8. The summed E-state index contributed by atoms with van der Waals surface area (Å²) in [5.41, 5.74) is 5.87. The van der Waals surface area contributed by atoms with E-state index in [0.717, 1.165) is 41.8 Å². The molecule has 0 saturated carbocycles. The van der Waals surface area contributed by atoms with Crippen molar-refractivity contribution in [1.82, 2.24) is 4.90 Å². The van der Waals surface area contributed by atoms with Crippen LogP contribution >= 0.6 is 23.2 Å². The van der Waals surface area contributed by atoms with Crippen molar-refractivity contribution < 1.29 is 19.1 Å². The minimum absolute atomic E-state index is 0.0827. The first-order valence-corrected chi connectivity index (χ1v) is 16.7. The Morgan fingerprint density at radius 1 is 0.783 bits per heavy atom. The molecule has 0 atom stereocenters. The van der Waals surface area contributed by atoms with Gasteiger partial charge in [0, 0.05) is 58.4 Å². The number of allylic oxidation sites excluding steroid dienone is 4. The number of ether oxygens (including phenoxy) is 2. The minimum Gasteiger partial charge on any atom is -0.493 e. The van der Waals surface area contributed by atoms with E-state index in [1.807, 2.05) is 42.5 Å². The van der Waals surface area contributed by atoms with Gasteiger partial charge in [-0.2, -0.15) is 0 Å². The van der Waals surface area contributed by atoms with Crippen LogP contribution in [0, 0.1) is 10.8 Å². The van der Waals surface area contributed by atoms with Crippen LogP contribution in [0.4, 0.5) is 0 Å². The van der Waals surface area contributed by atoms with Crippen LogP contribution in [0.5, 0.6) is 11.5 Å². The van der Waals surface area contributed by atoms with Crippen molar-refractivity contribution in [1.29, 1.82) is 0 Å². The van der Waals surface area contributed by atoms with Crippen LogP contribution in [0.1, 0.15) is 76.0 Å². The number of carbonyl (C=O) groups excluding carboxylic acids is 2. The van der Waals surface area contributed by atoms with Crippen molar-refractivity contribution >= 4 is 34.8 Å². The van der Waals surface area contributed by atoms with Crippen molar-refractivity contribution in [2.75, 3.05) is 13.7 Å². The van der Waals surface area contributed by atoms with Gasteiger partial charge in [0.2, 0.25) is 0 Å². The number of hydrogen-bond acceptors (Lipinski definition) is 5. The highest BCUT2D eigenvalue weighted by Gasteiger charge is 2.49. The summed E-state index contributed by atoms with van der Waals surface area (Å²) in [6, 6.07) is 21.6. The van der Waals surface area contributed by atoms with Crippen LogP contribution in [0.25, 0.3) is 0 Å². The van der Waals surface area contributed by atoms with Gasteiger partial charge in [-0.05, 0) is 59.4 Å². The van der Waals surface area contributed by atoms with Gasteiger partial charge >= 0.3 is 0 Å². The number of halogens is 2. The van der Waals surface area contributed by atoms with E-state index >= 15 is 0 Å². The quantitative estimate of drug-likeness (QED) is 0.241. The molecular weight excluding hydrogens is 617 g/mol. The topological polar surface area (TPSA) is 55.8 Å². The smallest absolute Gasteiger partial charge is 0.180 e. The molecule has 0 N–H and O–H groups in total. The van der Waals surface area contributed by atoms with Gasteiger partial charge in [-0.15, -0.1) is 0 Å². The third kappa shape index (κ3) is 6.37. The van der Waals surface area contributed by atoms with Crippen LogP contribution < -0.4 is 9.47 Å². The van der Waals surface area contributed by atoms with Crippen molar-refractivity contribution in [3.05, 3.63) is 116 Å². The van der Waals surface area contributed by atoms with Crippen LogP contribution in [0.2, 0.25) is 10.0 Å². The molecule has 0 unspecified atom stereocenters. The van der Waals surface area contributed by atoms with E-state index in [2.05, 4.69) is 56.9 Å². The highest BCUT2D eigenvalue weighted by molar-refractivity contribution is 6.32. The van der Waals surface area contributed by atoms with E-state index in [1.54, 1.807) is 7.11 Å². The first-order valence-electron chi connectivity index (χ1n) is 15.9. The Kier molecular flexibility index (Phi) is 8.86. The number of rotatable bonds is 8. The molecule has 0 saturated heterocycles. The second-order valence-electron chi connectivity index (χ2n) is 14.3. The third-order valence-electron chi connectivity index (χ3n) is 9.40. The highest BCUT2D eigenvalue weighted by Crippen LogP contribution is 2.55. The number of methoxy groups -OCH3 is 1. The van der Waals surface area contributed by atoms with Gasteiger partial charge in [0.05, 0.1) is 12.1 Å². The lowest BCUT2D eigenvalue weighted by molar-refractivity contribution is -0.119. The van der Waals surface area contributed by atoms with Crippen molar-refractivity contribution in [3.8, 4) is 11.5 Å². The summed E-state index contributed by atoms with van der Waals surface area (Å²) < 4.78 is 12.0. The number of Topliss-reactive ketones (excluding diaryl/α,β-unsaturated/α-hetero) is 2. The largest absolute Gasteiger partial charge is 0.493 e. The lowest BCUT2D eigenvalue weighted by Crippen LogP contribution is -2.45. The molecule has 0 fully saturated rings. The molecule has 2 aliphatic carbocycles. The van der Waals surface area contributed by atoms with Crippen molar-refractivity contribution in [2.45, 2.75) is 72.3 Å². The Bertz CT molecular complexity index is 1700. The zero-order valence-corrected chi connectivity index (χ0v) is 28.7. The number of hydrogen-bond donors (Lipinski definition) is 0. The fraction of sp³-hybridized carbons (Fsp3) is 0.385. The molecule has 5 nitrogen and oxygen atoms in total. The summed E-state index contributed by atoms with van der Waals surface area (Å²) in [7, 11) is 1.57. The standard InChI is InChI=1S/C39H41Cl2NO4/c1-38(2)19-29-35(31(43)21-38)34(26-17-28(41)37(33(18-26)45-5)46-23-25-13-9-10-14-27(25)40)36-30(20-39(3,4)22-32(36)44)42(29)16-15-24-11-7-6-8-12-24/h6-14,17-18,34H,15-16,19-23H2,1-5H3. The Hall–Kier alpha value is -3.54. The van der Waals surface area contributed by atoms with Gasteiger partial charge in [0.1, 0.15) is 6.61 Å². The predicted octanol–water partition coefficient (Wildman–Crippen LogP) is 9.51. The average Bonchev–Trinajstić information content (AvgIpc) is 2.99. The SMILES string of the molecule is COc1cc(C2C3=C(CC(C)(C)CC3=O)N(CCc3ccccc3)C3=C2C(=O)CC(C)(C)C3)cc(Cl)c1OCc1ccccc1Cl. The van der Waals surface area contributed by atoms with E-state index in [1.165, 1.54) is 5.56 Å². The van der Waals surface area contributed by atoms with Gasteiger partial charge in [-0.1, -0.05) is 99.4 Å². The molecule has 0 aromatic heterocycles. The molecule has 7 heteroatoms. The molecule has 3 aliphatic rings. The molecule has 0 radical (unpaired) electrons. The van der Waals surface area contributed by atoms with E-state index in [-0.39, 0.29) is 29.0 Å². The Morgan fingerprint density at radius 2 is 1.37 bits per heavy atom. The Morgan fingerprint density at radius 3 is 1.96 bits per heavy atom. The summed E-state index contributed by atoms with van der Waals surface area (Å²) >= 11 is 13.3. The monoisotopic (exact) mass is 657 g/mol. The molecule has 46 heavy (non-hydrogen) atoms. The first kappa shape index (κ1) is 32.4. The van der Waals surface area contributed by atoms with Crippen molar-refractivity contribution in [3.63, 3.8) is 0 Å². The predicted molar refractivity (Wildman–Crippen MR) is 183 cm³/mol. The number of carbonyl (C=O) groups is 2. The number of benzene rings is 3. The van der Waals surface area contributed by atoms with Gasteiger partial charge in [0.15, 0.2) is 23.1 Å². The summed E-state index contributed by atoms with van der Waals surface area (Å²) in [4.78, 5) is 30.8. The summed E-state index contributed by atoms with van der Waals surface area (Å²) in [5.74, 6) is 0.467. The van der Waals surface area contributed by atoms with E-state index in [4.69, 9.17) is 32.7 Å². The molecule has 3 aromatic carbocycles. The summed E-state index contributed by atoms with van der Waals surface area (Å²) in [5, 5.41) is 0.953. The number of ketones is 2. The molecule has 3 aromatic rings. The summed E-state index contributed by atoms with van der Waals surface area (Å²) in [6.07, 6.45) is 3.13. The van der Waals surface area contributed by atoms with E-state index in [9.17, 15) is 9.59 Å². The highest BCUT2D eigenvalue weighted by atomic mass is 35.5. The van der Waals surface area contributed by atoms with Gasteiger partial charge in [-0.3, -0.25) is 9.59 Å². The average molecular weight is 659 g/mol. The van der Waals surface area contributed by atoms with E-state index in [0.29, 0.717) is 52.1 Å². The normalized spacial score (nSPS) is 19.2. The maximum Gasteiger partial charge on any atom is 0.180 e. The van der Waals surface area contributed by atoms with Crippen molar-refractivity contribution in [2.24, 2.45) is 10.8 Å². The van der Waals surface area contributed by atoms with Crippen LogP contribution in [-0.4, -0.2) is 30.1 Å². The molecule has 240 valence electrons. The lowest BCUT2D eigenvalue weighted by Gasteiger charge is -2.49. The second-order valence-corrected chi connectivity index (χ2v) is 15.2. The van der Waals surface area contributed by atoms with Crippen LogP contribution in [0.15, 0.2) is 89.3 Å². The molecule has 1 aliphatic heterocycles. The minimum atomic E-state index is -0.533. The molecule has 0 bridgehead atoms. The van der Waals surface area contributed by atoms with E-state index < -0.39 is 5.92 Å². The molecule has 1 heterocycles. The summed E-state index contributed by atoms with van der Waals surface area (Å²) in [6.45, 7) is 9.53. The van der Waals surface area contributed by atoms with Crippen LogP contribution in [0.3, 0.4) is 0 Å². The maximum atomic E-state index is 14.2. The van der Waals surface area contributed by atoms with Gasteiger partial charge in [-0.25, -0.2) is 0 Å². The molecule has 0 spiro atoms. The molecule has 6 rings (SSSR count). The fourth-order valence-corrected chi connectivity index (χ4v) is 7.81. The maximum absolute atomic E-state index is 14.2. The van der Waals surface area contributed by atoms with Gasteiger partial charge < -0.3 is 14.4 Å².